The average Bonchev–Trinajstić information content (AvgIpc) is 3.38. The number of benzene rings is 3. The van der Waals surface area contributed by atoms with Crippen LogP contribution >= 0.6 is 12.4 Å². The van der Waals surface area contributed by atoms with Gasteiger partial charge in [0.2, 0.25) is 0 Å². The van der Waals surface area contributed by atoms with E-state index in [-0.39, 0.29) is 24.9 Å². The molecule has 152 valence electrons. The van der Waals surface area contributed by atoms with Crippen molar-refractivity contribution in [2.45, 2.75) is 25.7 Å². The second-order valence-corrected chi connectivity index (χ2v) is 8.05. The van der Waals surface area contributed by atoms with Crippen molar-refractivity contribution < 1.29 is 4.79 Å². The highest BCUT2D eigenvalue weighted by molar-refractivity contribution is 6.13. The van der Waals surface area contributed by atoms with Gasteiger partial charge >= 0.3 is 0 Å². The summed E-state index contributed by atoms with van der Waals surface area (Å²) in [6, 6.07) is 25.8. The van der Waals surface area contributed by atoms with Crippen molar-refractivity contribution in [1.82, 2.24) is 0 Å². The SMILES string of the molecule is Cl.O=C1CN=CN1c1cccc(-c2ccc(CCC3Cc4ccccc4C3)cc2)c1. The highest BCUT2D eigenvalue weighted by Gasteiger charge is 2.20. The molecule has 0 radical (unpaired) electrons. The van der Waals surface area contributed by atoms with E-state index in [0.29, 0.717) is 0 Å². The van der Waals surface area contributed by atoms with Crippen molar-refractivity contribution in [2.75, 3.05) is 11.4 Å². The van der Waals surface area contributed by atoms with E-state index in [1.165, 1.54) is 41.5 Å². The highest BCUT2D eigenvalue weighted by Crippen LogP contribution is 2.30. The molecule has 1 aliphatic carbocycles. The van der Waals surface area contributed by atoms with Crippen molar-refractivity contribution in [1.29, 1.82) is 0 Å². The van der Waals surface area contributed by atoms with E-state index in [4.69, 9.17) is 0 Å². The molecule has 2 aliphatic rings. The Balaban J connectivity index is 0.00000218. The molecule has 3 aromatic carbocycles. The molecule has 0 saturated carbocycles. The number of nitrogens with zero attached hydrogens (tertiary/aromatic N) is 2. The Labute approximate surface area is 183 Å². The Morgan fingerprint density at radius 3 is 2.27 bits per heavy atom. The Morgan fingerprint density at radius 1 is 0.867 bits per heavy atom. The lowest BCUT2D eigenvalue weighted by molar-refractivity contribution is -0.115. The molecule has 0 unspecified atom stereocenters. The first kappa shape index (κ1) is 20.4. The number of carbonyl (C=O) groups excluding carboxylic acids is 1. The van der Waals surface area contributed by atoms with Gasteiger partial charge in [-0.3, -0.25) is 14.7 Å². The molecule has 5 rings (SSSR count). The third-order valence-electron chi connectivity index (χ3n) is 6.08. The van der Waals surface area contributed by atoms with Crippen molar-refractivity contribution in [3.05, 3.63) is 89.5 Å². The van der Waals surface area contributed by atoms with Crippen LogP contribution in [0.5, 0.6) is 0 Å². The number of anilines is 1. The number of rotatable bonds is 5. The average molecular weight is 417 g/mol. The van der Waals surface area contributed by atoms with Crippen LogP contribution < -0.4 is 4.90 Å². The van der Waals surface area contributed by atoms with Crippen molar-refractivity contribution >= 4 is 30.3 Å². The topological polar surface area (TPSA) is 32.7 Å². The summed E-state index contributed by atoms with van der Waals surface area (Å²) in [5.74, 6) is 0.787. The van der Waals surface area contributed by atoms with Gasteiger partial charge in [-0.15, -0.1) is 12.4 Å². The third kappa shape index (κ3) is 4.17. The fourth-order valence-corrected chi connectivity index (χ4v) is 4.48. The molecule has 3 aromatic rings. The maximum absolute atomic E-state index is 11.9. The van der Waals surface area contributed by atoms with Crippen LogP contribution in [0.1, 0.15) is 23.1 Å². The van der Waals surface area contributed by atoms with Gasteiger partial charge in [0.05, 0.1) is 12.0 Å². The predicted octanol–water partition coefficient (Wildman–Crippen LogP) is 5.50. The maximum Gasteiger partial charge on any atom is 0.253 e. The predicted molar refractivity (Wildman–Crippen MR) is 126 cm³/mol. The second kappa shape index (κ2) is 8.85. The van der Waals surface area contributed by atoms with Gasteiger partial charge in [-0.05, 0) is 71.6 Å². The van der Waals surface area contributed by atoms with E-state index >= 15 is 0 Å². The van der Waals surface area contributed by atoms with Crippen LogP contribution in [0.3, 0.4) is 0 Å². The van der Waals surface area contributed by atoms with Crippen LogP contribution in [-0.4, -0.2) is 18.8 Å². The summed E-state index contributed by atoms with van der Waals surface area (Å²) in [5.41, 5.74) is 7.63. The largest absolute Gasteiger partial charge is 0.272 e. The highest BCUT2D eigenvalue weighted by atomic mass is 35.5. The number of amides is 1. The summed E-state index contributed by atoms with van der Waals surface area (Å²) in [5, 5.41) is 0. The van der Waals surface area contributed by atoms with Gasteiger partial charge < -0.3 is 0 Å². The monoisotopic (exact) mass is 416 g/mol. The van der Waals surface area contributed by atoms with E-state index in [0.717, 1.165) is 23.6 Å². The fraction of sp³-hybridized carbons (Fsp3) is 0.231. The zero-order valence-electron chi connectivity index (χ0n) is 16.8. The molecule has 0 bridgehead atoms. The van der Waals surface area contributed by atoms with E-state index in [1.807, 2.05) is 12.1 Å². The lowest BCUT2D eigenvalue weighted by atomic mass is 9.95. The quantitative estimate of drug-likeness (QED) is 0.540. The molecule has 3 nitrogen and oxygen atoms in total. The molecule has 0 aromatic heterocycles. The van der Waals surface area contributed by atoms with Crippen LogP contribution in [0.4, 0.5) is 5.69 Å². The van der Waals surface area contributed by atoms with Crippen molar-refractivity contribution in [3.8, 4) is 11.1 Å². The van der Waals surface area contributed by atoms with Crippen LogP contribution in [0, 0.1) is 5.92 Å². The molecule has 0 fully saturated rings. The van der Waals surface area contributed by atoms with Crippen LogP contribution in [0.2, 0.25) is 0 Å². The summed E-state index contributed by atoms with van der Waals surface area (Å²) in [6.07, 6.45) is 6.42. The minimum absolute atomic E-state index is 0. The number of hydrogen-bond donors (Lipinski definition) is 0. The van der Waals surface area contributed by atoms with Crippen molar-refractivity contribution in [2.24, 2.45) is 10.9 Å². The number of carbonyl (C=O) groups is 1. The number of hydrogen-bond acceptors (Lipinski definition) is 2. The van der Waals surface area contributed by atoms with Gasteiger partial charge in [-0.1, -0.05) is 60.7 Å². The first-order valence-electron chi connectivity index (χ1n) is 10.3. The van der Waals surface area contributed by atoms with E-state index in [9.17, 15) is 4.79 Å². The van der Waals surface area contributed by atoms with Gasteiger partial charge in [0.15, 0.2) is 0 Å². The van der Waals surface area contributed by atoms with Gasteiger partial charge in [0.25, 0.3) is 5.91 Å². The third-order valence-corrected chi connectivity index (χ3v) is 6.08. The molecule has 0 atom stereocenters. The Hall–Kier alpha value is -2.91. The minimum Gasteiger partial charge on any atom is -0.272 e. The fourth-order valence-electron chi connectivity index (χ4n) is 4.48. The molecule has 0 spiro atoms. The zero-order valence-corrected chi connectivity index (χ0v) is 17.6. The summed E-state index contributed by atoms with van der Waals surface area (Å²) < 4.78 is 0. The Morgan fingerprint density at radius 2 is 1.60 bits per heavy atom. The second-order valence-electron chi connectivity index (χ2n) is 8.05. The molecule has 1 aliphatic heterocycles. The zero-order chi connectivity index (χ0) is 19.6. The van der Waals surface area contributed by atoms with E-state index < -0.39 is 0 Å². The minimum atomic E-state index is 0. The molecule has 4 heteroatoms. The van der Waals surface area contributed by atoms with Gasteiger partial charge in [-0.2, -0.15) is 0 Å². The molecule has 30 heavy (non-hydrogen) atoms. The van der Waals surface area contributed by atoms with E-state index in [2.05, 4.69) is 65.7 Å². The summed E-state index contributed by atoms with van der Waals surface area (Å²) in [4.78, 5) is 17.6. The normalized spacial score (nSPS) is 15.3. The first-order chi connectivity index (χ1) is 14.3. The molecular weight excluding hydrogens is 392 g/mol. The molecular formula is C26H25ClN2O. The van der Waals surface area contributed by atoms with E-state index in [1.54, 1.807) is 11.2 Å². The number of aryl methyl sites for hydroxylation is 1. The Bertz CT molecular complexity index is 1050. The van der Waals surface area contributed by atoms with Crippen molar-refractivity contribution in [3.63, 3.8) is 0 Å². The number of halogens is 1. The van der Waals surface area contributed by atoms with Crippen LogP contribution in [0.15, 0.2) is 77.8 Å². The van der Waals surface area contributed by atoms with Gasteiger partial charge in [0, 0.05) is 0 Å². The van der Waals surface area contributed by atoms with Crippen LogP contribution in [-0.2, 0) is 24.1 Å². The summed E-state index contributed by atoms with van der Waals surface area (Å²) in [7, 11) is 0. The molecule has 1 heterocycles. The molecule has 0 N–H and O–H groups in total. The summed E-state index contributed by atoms with van der Waals surface area (Å²) in [6.45, 7) is 0.241. The van der Waals surface area contributed by atoms with Gasteiger partial charge in [-0.25, -0.2) is 0 Å². The lowest BCUT2D eigenvalue weighted by Crippen LogP contribution is -2.25. The molecule has 1 amide bonds. The smallest absolute Gasteiger partial charge is 0.253 e. The first-order valence-corrected chi connectivity index (χ1v) is 10.3. The number of fused-ring (bicyclic) bond motifs is 1. The maximum atomic E-state index is 11.9. The van der Waals surface area contributed by atoms with Gasteiger partial charge in [0.1, 0.15) is 6.54 Å². The summed E-state index contributed by atoms with van der Waals surface area (Å²) >= 11 is 0. The number of aliphatic imine (C=N–C) groups is 1. The standard InChI is InChI=1S/C26H24N2O.ClH/c29-26-17-27-18-28(26)25-7-3-6-24(16-25)21-12-10-19(11-13-21)8-9-20-14-22-4-1-2-5-23(22)15-20;/h1-7,10-13,16,18,20H,8-9,14-15,17H2;1H. The Kier molecular flexibility index (Phi) is 6.01. The lowest BCUT2D eigenvalue weighted by Gasteiger charge is -2.14. The molecule has 0 saturated heterocycles. The van der Waals surface area contributed by atoms with Crippen LogP contribution in [0.25, 0.3) is 11.1 Å².